The summed E-state index contributed by atoms with van der Waals surface area (Å²) in [6.07, 6.45) is 82.4. The fourth-order valence-corrected chi connectivity index (χ4v) is 10.4. The monoisotopic (exact) mass is 1010 g/mol. The Balaban J connectivity index is 3.51. The Kier molecular flexibility index (Phi) is 60.9. The van der Waals surface area contributed by atoms with Gasteiger partial charge in [-0.2, -0.15) is 0 Å². The molecule has 426 valence electrons. The van der Waals surface area contributed by atoms with Crippen molar-refractivity contribution < 1.29 is 20.1 Å². The predicted octanol–water partition coefficient (Wildman–Crippen LogP) is 21.0. The first-order valence-electron chi connectivity index (χ1n) is 32.8. The average molecular weight is 1010 g/mol. The van der Waals surface area contributed by atoms with E-state index >= 15 is 0 Å². The van der Waals surface area contributed by atoms with Gasteiger partial charge in [0.2, 0.25) is 5.91 Å². The van der Waals surface area contributed by atoms with Crippen LogP contribution < -0.4 is 5.32 Å². The van der Waals surface area contributed by atoms with E-state index in [1.165, 1.54) is 295 Å². The molecule has 5 heteroatoms. The van der Waals surface area contributed by atoms with Crippen molar-refractivity contribution in [3.8, 4) is 0 Å². The summed E-state index contributed by atoms with van der Waals surface area (Å²) >= 11 is 0. The second-order valence-corrected chi connectivity index (χ2v) is 22.7. The maximum atomic E-state index is 12.6. The van der Waals surface area contributed by atoms with E-state index in [2.05, 4.69) is 43.5 Å². The molecular weight excluding hydrogens is 883 g/mol. The lowest BCUT2D eigenvalue weighted by Crippen LogP contribution is -2.45. The molecule has 0 aromatic carbocycles. The van der Waals surface area contributed by atoms with Gasteiger partial charge in [0.05, 0.1) is 31.3 Å². The number of nitrogens with one attached hydrogen (secondary N) is 1. The fraction of sp³-hybridized carbons (Fsp3) is 0.896. The molecule has 4 N–H and O–H groups in total. The van der Waals surface area contributed by atoms with Crippen molar-refractivity contribution in [2.75, 3.05) is 6.61 Å². The Hall–Kier alpha value is -1.43. The summed E-state index contributed by atoms with van der Waals surface area (Å²) in [5.41, 5.74) is 0. The molecule has 0 aromatic rings. The molecule has 0 aliphatic carbocycles. The highest BCUT2D eigenvalue weighted by Gasteiger charge is 2.20. The Morgan fingerprint density at radius 3 is 0.889 bits per heavy atom. The Labute approximate surface area is 451 Å². The first-order valence-corrected chi connectivity index (χ1v) is 32.8. The van der Waals surface area contributed by atoms with Gasteiger partial charge in [-0.1, -0.05) is 346 Å². The van der Waals surface area contributed by atoms with Gasteiger partial charge in [0.15, 0.2) is 0 Å². The molecule has 0 spiro atoms. The first kappa shape index (κ1) is 70.6. The Morgan fingerprint density at radius 2 is 0.597 bits per heavy atom. The molecule has 0 bridgehead atoms. The third-order valence-corrected chi connectivity index (χ3v) is 15.4. The summed E-state index contributed by atoms with van der Waals surface area (Å²) in [6, 6.07) is -0.768. The summed E-state index contributed by atoms with van der Waals surface area (Å²) in [4.78, 5) is 12.6. The van der Waals surface area contributed by atoms with Crippen LogP contribution in [-0.4, -0.2) is 46.1 Å². The van der Waals surface area contributed by atoms with Crippen molar-refractivity contribution in [3.05, 3.63) is 36.5 Å². The van der Waals surface area contributed by atoms with E-state index in [9.17, 15) is 20.1 Å². The number of aliphatic hydroxyl groups is 3. The van der Waals surface area contributed by atoms with Crippen LogP contribution in [0.1, 0.15) is 361 Å². The average Bonchev–Trinajstić information content (AvgIpc) is 3.38. The van der Waals surface area contributed by atoms with Crippen molar-refractivity contribution >= 4 is 5.91 Å². The van der Waals surface area contributed by atoms with Gasteiger partial charge in [-0.15, -0.1) is 0 Å². The van der Waals surface area contributed by atoms with E-state index in [1.54, 1.807) is 6.08 Å². The standard InChI is InChI=1S/C67H129NO4/c1-3-5-7-9-11-13-15-17-19-21-23-25-27-28-29-30-31-32-33-34-35-36-37-38-39-40-42-44-46-48-50-52-54-56-58-60-64(70)62-67(72)68-65(63-69)66(71)61-59-57-55-53-51-49-47-45-43-41-26-24-22-20-18-16-14-12-10-8-6-4-2/h43,45,51,53,59,61,64-66,69-71H,3-42,44,46-50,52,54-58,60,62-63H2,1-2H3,(H,68,72)/b45-43+,53-51+,61-59+. The van der Waals surface area contributed by atoms with E-state index in [1.807, 2.05) is 6.08 Å². The molecule has 5 nitrogen and oxygen atoms in total. The molecule has 0 aliphatic rings. The summed E-state index contributed by atoms with van der Waals surface area (Å²) in [6.45, 7) is 4.24. The SMILES string of the molecule is CCCCCCCCCCCCCC/C=C/CC/C=C/CC/C=C/C(O)C(CO)NC(=O)CC(O)CCCCCCCCCCCCCCCCCCCCCCCCCCCCCCCCCCCCC. The van der Waals surface area contributed by atoms with Crippen molar-refractivity contribution in [2.24, 2.45) is 0 Å². The molecule has 0 fully saturated rings. The molecule has 0 saturated heterocycles. The number of rotatable bonds is 61. The molecule has 0 rings (SSSR count). The topological polar surface area (TPSA) is 89.8 Å². The molecule has 72 heavy (non-hydrogen) atoms. The lowest BCUT2D eigenvalue weighted by molar-refractivity contribution is -0.124. The lowest BCUT2D eigenvalue weighted by atomic mass is 10.0. The van der Waals surface area contributed by atoms with Crippen LogP contribution in [0, 0.1) is 0 Å². The van der Waals surface area contributed by atoms with E-state index in [-0.39, 0.29) is 18.9 Å². The van der Waals surface area contributed by atoms with Gasteiger partial charge in [-0.25, -0.2) is 0 Å². The fourth-order valence-electron chi connectivity index (χ4n) is 10.4. The molecule has 0 aliphatic heterocycles. The minimum Gasteiger partial charge on any atom is -0.394 e. The van der Waals surface area contributed by atoms with Crippen LogP contribution in [0.3, 0.4) is 0 Å². The first-order chi connectivity index (χ1) is 35.5. The Morgan fingerprint density at radius 1 is 0.347 bits per heavy atom. The van der Waals surface area contributed by atoms with Gasteiger partial charge in [-0.3, -0.25) is 4.79 Å². The summed E-state index contributed by atoms with van der Waals surface area (Å²) in [7, 11) is 0. The van der Waals surface area contributed by atoms with Crippen LogP contribution in [0.25, 0.3) is 0 Å². The van der Waals surface area contributed by atoms with Gasteiger partial charge in [-0.05, 0) is 44.9 Å². The summed E-state index contributed by atoms with van der Waals surface area (Å²) in [5.74, 6) is -0.323. The number of unbranched alkanes of at least 4 members (excludes halogenated alkanes) is 48. The van der Waals surface area contributed by atoms with Crippen LogP contribution in [0.2, 0.25) is 0 Å². The number of carbonyl (C=O) groups excluding carboxylic acids is 1. The second-order valence-electron chi connectivity index (χ2n) is 22.7. The van der Waals surface area contributed by atoms with Gasteiger partial charge in [0.25, 0.3) is 0 Å². The van der Waals surface area contributed by atoms with Crippen LogP contribution in [0.5, 0.6) is 0 Å². The molecule has 0 saturated carbocycles. The van der Waals surface area contributed by atoms with Gasteiger partial charge >= 0.3 is 0 Å². The molecular formula is C67H129NO4. The lowest BCUT2D eigenvalue weighted by Gasteiger charge is -2.21. The van der Waals surface area contributed by atoms with Gasteiger partial charge < -0.3 is 20.6 Å². The van der Waals surface area contributed by atoms with E-state index in [0.29, 0.717) is 6.42 Å². The highest BCUT2D eigenvalue weighted by Crippen LogP contribution is 2.19. The number of carbonyl (C=O) groups is 1. The van der Waals surface area contributed by atoms with E-state index < -0.39 is 18.2 Å². The van der Waals surface area contributed by atoms with E-state index in [0.717, 1.165) is 38.5 Å². The zero-order chi connectivity index (χ0) is 52.2. The van der Waals surface area contributed by atoms with Crippen LogP contribution in [0.15, 0.2) is 36.5 Å². The van der Waals surface area contributed by atoms with Crippen LogP contribution in [-0.2, 0) is 4.79 Å². The normalized spacial score (nSPS) is 13.3. The molecule has 0 aromatic heterocycles. The highest BCUT2D eigenvalue weighted by atomic mass is 16.3. The predicted molar refractivity (Wildman–Crippen MR) is 319 cm³/mol. The quantitative estimate of drug-likeness (QED) is 0.0361. The second kappa shape index (κ2) is 62.1. The van der Waals surface area contributed by atoms with Gasteiger partial charge in [0.1, 0.15) is 0 Å². The maximum absolute atomic E-state index is 12.6. The third kappa shape index (κ3) is 57.8. The zero-order valence-corrected chi connectivity index (χ0v) is 48.8. The maximum Gasteiger partial charge on any atom is 0.222 e. The van der Waals surface area contributed by atoms with Crippen molar-refractivity contribution in [3.63, 3.8) is 0 Å². The Bertz CT molecular complexity index is 1120. The molecule has 0 heterocycles. The summed E-state index contributed by atoms with van der Waals surface area (Å²) < 4.78 is 0. The van der Waals surface area contributed by atoms with Crippen molar-refractivity contribution in [1.29, 1.82) is 0 Å². The molecule has 0 radical (unpaired) electrons. The zero-order valence-electron chi connectivity index (χ0n) is 48.8. The number of amides is 1. The number of hydrogen-bond acceptors (Lipinski definition) is 4. The molecule has 1 amide bonds. The minimum atomic E-state index is -0.960. The minimum absolute atomic E-state index is 0.00594. The van der Waals surface area contributed by atoms with Crippen LogP contribution in [0.4, 0.5) is 0 Å². The number of hydrogen-bond donors (Lipinski definition) is 4. The number of aliphatic hydroxyl groups excluding tert-OH is 3. The molecule has 3 unspecified atom stereocenters. The molecule has 3 atom stereocenters. The van der Waals surface area contributed by atoms with Crippen molar-refractivity contribution in [2.45, 2.75) is 379 Å². The highest BCUT2D eigenvalue weighted by molar-refractivity contribution is 5.76. The smallest absolute Gasteiger partial charge is 0.222 e. The van der Waals surface area contributed by atoms with Crippen LogP contribution >= 0.6 is 0 Å². The van der Waals surface area contributed by atoms with Gasteiger partial charge in [0, 0.05) is 0 Å². The largest absolute Gasteiger partial charge is 0.394 e. The van der Waals surface area contributed by atoms with Crippen molar-refractivity contribution in [1.82, 2.24) is 5.32 Å². The summed E-state index contributed by atoms with van der Waals surface area (Å²) in [5, 5.41) is 33.5. The number of allylic oxidation sites excluding steroid dienone is 5. The third-order valence-electron chi connectivity index (χ3n) is 15.4. The van der Waals surface area contributed by atoms with E-state index in [4.69, 9.17) is 0 Å².